The van der Waals surface area contributed by atoms with Crippen LogP contribution in [-0.4, -0.2) is 33.2 Å². The lowest BCUT2D eigenvalue weighted by molar-refractivity contribution is 0.102. The van der Waals surface area contributed by atoms with E-state index >= 15 is 0 Å². The zero-order chi connectivity index (χ0) is 18.7. The first-order chi connectivity index (χ1) is 12.4. The molecule has 0 saturated carbocycles. The molecule has 8 heteroatoms. The largest absolute Gasteiger partial charge is 0.336 e. The number of hydrogen-bond acceptors (Lipinski definition) is 4. The number of nitrogens with one attached hydrogen (secondary N) is 4. The summed E-state index contributed by atoms with van der Waals surface area (Å²) in [6, 6.07) is 8.24. The number of hydrogen-bond donors (Lipinski definition) is 4. The summed E-state index contributed by atoms with van der Waals surface area (Å²) in [7, 11) is 0. The maximum atomic E-state index is 12.4. The van der Waals surface area contributed by atoms with Gasteiger partial charge in [-0.3, -0.25) is 9.89 Å². The lowest BCUT2D eigenvalue weighted by atomic mass is 10.2. The second-order valence-corrected chi connectivity index (χ2v) is 6.23. The van der Waals surface area contributed by atoms with E-state index in [2.05, 4.69) is 31.1 Å². The van der Waals surface area contributed by atoms with E-state index in [0.717, 1.165) is 11.1 Å². The summed E-state index contributed by atoms with van der Waals surface area (Å²) >= 11 is 0. The van der Waals surface area contributed by atoms with Gasteiger partial charge in [0, 0.05) is 28.4 Å². The number of nitrogens with zero attached hydrogens (tertiary/aromatic N) is 2. The Morgan fingerprint density at radius 2 is 1.81 bits per heavy atom. The fourth-order valence-electron chi connectivity index (χ4n) is 2.43. The highest BCUT2D eigenvalue weighted by atomic mass is 16.2. The fraction of sp³-hybridized carbons (Fsp3) is 0.222. The number of fused-ring (bicyclic) bond motifs is 1. The Morgan fingerprint density at radius 1 is 1.08 bits per heavy atom. The summed E-state index contributed by atoms with van der Waals surface area (Å²) in [5, 5.41) is 16.0. The zero-order valence-corrected chi connectivity index (χ0v) is 14.8. The van der Waals surface area contributed by atoms with Gasteiger partial charge in [-0.25, -0.2) is 9.78 Å². The number of carbonyl (C=O) groups excluding carboxylic acids is 2. The van der Waals surface area contributed by atoms with Crippen LogP contribution < -0.4 is 16.0 Å². The van der Waals surface area contributed by atoms with Gasteiger partial charge in [0.1, 0.15) is 0 Å². The predicted molar refractivity (Wildman–Crippen MR) is 100 cm³/mol. The van der Waals surface area contributed by atoms with Gasteiger partial charge in [-0.2, -0.15) is 5.10 Å². The zero-order valence-electron chi connectivity index (χ0n) is 14.8. The number of aromatic nitrogens is 3. The first-order valence-electron chi connectivity index (χ1n) is 8.22. The SMILES string of the molecule is Cc1[nH]nc2ncc(NC(=O)c3ccc(NC(=O)NC(C)C)cc3)cc12. The number of anilines is 2. The predicted octanol–water partition coefficient (Wildman–Crippen LogP) is 3.05. The van der Waals surface area contributed by atoms with Crippen LogP contribution in [0, 0.1) is 6.92 Å². The number of rotatable bonds is 4. The average Bonchev–Trinajstić information content (AvgIpc) is 2.95. The third kappa shape index (κ3) is 3.97. The van der Waals surface area contributed by atoms with E-state index in [9.17, 15) is 9.59 Å². The summed E-state index contributed by atoms with van der Waals surface area (Å²) in [4.78, 5) is 28.3. The summed E-state index contributed by atoms with van der Waals surface area (Å²) in [6.45, 7) is 5.65. The molecule has 0 saturated heterocycles. The van der Waals surface area contributed by atoms with Crippen LogP contribution in [-0.2, 0) is 0 Å². The monoisotopic (exact) mass is 352 g/mol. The van der Waals surface area contributed by atoms with Gasteiger partial charge in [0.2, 0.25) is 0 Å². The van der Waals surface area contributed by atoms with Gasteiger partial charge < -0.3 is 16.0 Å². The summed E-state index contributed by atoms with van der Waals surface area (Å²) in [5.74, 6) is -0.259. The molecule has 0 fully saturated rings. The minimum atomic E-state index is -0.285. The van der Waals surface area contributed by atoms with E-state index in [0.29, 0.717) is 22.6 Å². The van der Waals surface area contributed by atoms with E-state index in [-0.39, 0.29) is 18.0 Å². The second-order valence-electron chi connectivity index (χ2n) is 6.23. The van der Waals surface area contributed by atoms with Crippen LogP contribution in [0.1, 0.15) is 29.9 Å². The van der Waals surface area contributed by atoms with E-state index in [1.54, 1.807) is 30.5 Å². The van der Waals surface area contributed by atoms with Crippen LogP contribution in [0.15, 0.2) is 36.5 Å². The summed E-state index contributed by atoms with van der Waals surface area (Å²) < 4.78 is 0. The molecule has 0 aliphatic carbocycles. The molecule has 0 atom stereocenters. The molecular formula is C18H20N6O2. The van der Waals surface area contributed by atoms with Crippen LogP contribution >= 0.6 is 0 Å². The highest BCUT2D eigenvalue weighted by Gasteiger charge is 2.10. The van der Waals surface area contributed by atoms with Gasteiger partial charge in [-0.15, -0.1) is 0 Å². The molecule has 3 amide bonds. The summed E-state index contributed by atoms with van der Waals surface area (Å²) in [6.07, 6.45) is 1.56. The van der Waals surface area contributed by atoms with Crippen molar-refractivity contribution in [3.05, 3.63) is 47.8 Å². The molecule has 2 heterocycles. The minimum absolute atomic E-state index is 0.0462. The van der Waals surface area contributed by atoms with E-state index in [1.807, 2.05) is 26.8 Å². The minimum Gasteiger partial charge on any atom is -0.336 e. The van der Waals surface area contributed by atoms with Crippen LogP contribution in [0.25, 0.3) is 11.0 Å². The highest BCUT2D eigenvalue weighted by Crippen LogP contribution is 2.18. The van der Waals surface area contributed by atoms with Crippen LogP contribution in [0.5, 0.6) is 0 Å². The maximum Gasteiger partial charge on any atom is 0.319 e. The Labute approximate surface area is 150 Å². The third-order valence-electron chi connectivity index (χ3n) is 3.68. The molecule has 3 aromatic rings. The van der Waals surface area contributed by atoms with Crippen molar-refractivity contribution in [2.24, 2.45) is 0 Å². The van der Waals surface area contributed by atoms with Crippen molar-refractivity contribution in [2.45, 2.75) is 26.8 Å². The molecule has 0 bridgehead atoms. The molecule has 0 spiro atoms. The normalized spacial score (nSPS) is 10.8. The molecule has 2 aromatic heterocycles. The first kappa shape index (κ1) is 17.4. The van der Waals surface area contributed by atoms with Gasteiger partial charge in [-0.05, 0) is 51.1 Å². The molecule has 0 aliphatic rings. The number of pyridine rings is 1. The molecule has 0 unspecified atom stereocenters. The number of aryl methyl sites for hydroxylation is 1. The Hall–Kier alpha value is -3.42. The van der Waals surface area contributed by atoms with Crippen molar-refractivity contribution in [3.8, 4) is 0 Å². The fourth-order valence-corrected chi connectivity index (χ4v) is 2.43. The number of aromatic amines is 1. The standard InChI is InChI=1S/C18H20N6O2/c1-10(2)20-18(26)22-13-6-4-12(5-7-13)17(25)21-14-8-15-11(3)23-24-16(15)19-9-14/h4-10H,1-3H3,(H,21,25)(H,19,23,24)(H2,20,22,26). The van der Waals surface area contributed by atoms with Crippen molar-refractivity contribution >= 4 is 34.3 Å². The van der Waals surface area contributed by atoms with E-state index < -0.39 is 0 Å². The number of benzene rings is 1. The molecule has 1 aromatic carbocycles. The first-order valence-corrected chi connectivity index (χ1v) is 8.22. The highest BCUT2D eigenvalue weighted by molar-refractivity contribution is 6.05. The Bertz CT molecular complexity index is 946. The Balaban J connectivity index is 1.67. The average molecular weight is 352 g/mol. The van der Waals surface area contributed by atoms with Crippen molar-refractivity contribution in [1.82, 2.24) is 20.5 Å². The summed E-state index contributed by atoms with van der Waals surface area (Å²) in [5.41, 5.74) is 3.17. The Kier molecular flexibility index (Phi) is 4.83. The molecule has 8 nitrogen and oxygen atoms in total. The topological polar surface area (TPSA) is 112 Å². The number of H-pyrrole nitrogens is 1. The molecule has 0 radical (unpaired) electrons. The third-order valence-corrected chi connectivity index (χ3v) is 3.68. The van der Waals surface area contributed by atoms with Gasteiger partial charge in [0.15, 0.2) is 5.65 Å². The molecule has 134 valence electrons. The Morgan fingerprint density at radius 3 is 2.50 bits per heavy atom. The quantitative estimate of drug-likeness (QED) is 0.578. The van der Waals surface area contributed by atoms with Crippen LogP contribution in [0.3, 0.4) is 0 Å². The second kappa shape index (κ2) is 7.22. The maximum absolute atomic E-state index is 12.4. The van der Waals surface area contributed by atoms with Gasteiger partial charge in [0.25, 0.3) is 5.91 Å². The van der Waals surface area contributed by atoms with Crippen LogP contribution in [0.2, 0.25) is 0 Å². The molecule has 3 rings (SSSR count). The molecule has 0 aliphatic heterocycles. The van der Waals surface area contributed by atoms with Crippen molar-refractivity contribution in [1.29, 1.82) is 0 Å². The lowest BCUT2D eigenvalue weighted by Crippen LogP contribution is -2.34. The molecule has 4 N–H and O–H groups in total. The number of amides is 3. The van der Waals surface area contributed by atoms with Crippen molar-refractivity contribution in [3.63, 3.8) is 0 Å². The smallest absolute Gasteiger partial charge is 0.319 e. The van der Waals surface area contributed by atoms with Gasteiger partial charge >= 0.3 is 6.03 Å². The van der Waals surface area contributed by atoms with Gasteiger partial charge in [0.05, 0.1) is 11.9 Å². The van der Waals surface area contributed by atoms with E-state index in [1.165, 1.54) is 0 Å². The number of carbonyl (C=O) groups is 2. The van der Waals surface area contributed by atoms with Crippen molar-refractivity contribution in [2.75, 3.05) is 10.6 Å². The van der Waals surface area contributed by atoms with E-state index in [4.69, 9.17) is 0 Å². The van der Waals surface area contributed by atoms with Crippen molar-refractivity contribution < 1.29 is 9.59 Å². The van der Waals surface area contributed by atoms with Crippen LogP contribution in [0.4, 0.5) is 16.2 Å². The lowest BCUT2D eigenvalue weighted by Gasteiger charge is -2.10. The number of urea groups is 1. The van der Waals surface area contributed by atoms with Gasteiger partial charge in [-0.1, -0.05) is 0 Å². The molecular weight excluding hydrogens is 332 g/mol. The molecule has 26 heavy (non-hydrogen) atoms.